The number of rotatable bonds is 3. The standard InChI is InChI=1S/C17H31N3O/c21-17(16-4-2-1-3-5-16)20-12-10-19(11-13-20)14-15-6-8-18-9-7-15/h15-16,18H,1-14H2. The van der Waals surface area contributed by atoms with Gasteiger partial charge >= 0.3 is 0 Å². The highest BCUT2D eigenvalue weighted by Crippen LogP contribution is 2.26. The molecule has 21 heavy (non-hydrogen) atoms. The largest absolute Gasteiger partial charge is 0.340 e. The lowest BCUT2D eigenvalue weighted by molar-refractivity contribution is -0.138. The SMILES string of the molecule is O=C(C1CCCCC1)N1CCN(CC2CCNCC2)CC1. The van der Waals surface area contributed by atoms with Crippen LogP contribution in [0.1, 0.15) is 44.9 Å². The van der Waals surface area contributed by atoms with Gasteiger partial charge in [0, 0.05) is 38.6 Å². The van der Waals surface area contributed by atoms with Crippen molar-refractivity contribution in [3.05, 3.63) is 0 Å². The second kappa shape index (κ2) is 7.59. The Labute approximate surface area is 129 Å². The fraction of sp³-hybridized carbons (Fsp3) is 0.941. The molecule has 2 heterocycles. The number of hydrogen-bond acceptors (Lipinski definition) is 3. The second-order valence-corrected chi connectivity index (χ2v) is 7.15. The van der Waals surface area contributed by atoms with Gasteiger partial charge in [0.05, 0.1) is 0 Å². The van der Waals surface area contributed by atoms with Crippen LogP contribution >= 0.6 is 0 Å². The van der Waals surface area contributed by atoms with E-state index in [4.69, 9.17) is 0 Å². The van der Waals surface area contributed by atoms with Crippen molar-refractivity contribution in [1.82, 2.24) is 15.1 Å². The van der Waals surface area contributed by atoms with Crippen LogP contribution in [0.3, 0.4) is 0 Å². The third-order valence-electron chi connectivity index (χ3n) is 5.61. The van der Waals surface area contributed by atoms with Gasteiger partial charge in [-0.2, -0.15) is 0 Å². The van der Waals surface area contributed by atoms with E-state index in [1.807, 2.05) is 0 Å². The van der Waals surface area contributed by atoms with Crippen molar-refractivity contribution in [3.63, 3.8) is 0 Å². The fourth-order valence-electron chi connectivity index (χ4n) is 4.19. The van der Waals surface area contributed by atoms with Crippen LogP contribution in [0.5, 0.6) is 0 Å². The summed E-state index contributed by atoms with van der Waals surface area (Å²) in [5.41, 5.74) is 0. The number of hydrogen-bond donors (Lipinski definition) is 1. The van der Waals surface area contributed by atoms with Crippen molar-refractivity contribution in [2.24, 2.45) is 11.8 Å². The molecule has 3 fully saturated rings. The summed E-state index contributed by atoms with van der Waals surface area (Å²) in [4.78, 5) is 17.3. The first kappa shape index (κ1) is 15.3. The van der Waals surface area contributed by atoms with E-state index in [2.05, 4.69) is 15.1 Å². The summed E-state index contributed by atoms with van der Waals surface area (Å²) >= 11 is 0. The summed E-state index contributed by atoms with van der Waals surface area (Å²) in [6, 6.07) is 0. The molecule has 0 aromatic rings. The summed E-state index contributed by atoms with van der Waals surface area (Å²) in [7, 11) is 0. The molecule has 0 atom stereocenters. The van der Waals surface area contributed by atoms with Crippen molar-refractivity contribution in [2.75, 3.05) is 45.8 Å². The van der Waals surface area contributed by atoms with Crippen molar-refractivity contribution in [3.8, 4) is 0 Å². The predicted molar refractivity (Wildman–Crippen MR) is 85.2 cm³/mol. The van der Waals surface area contributed by atoms with Gasteiger partial charge in [0.15, 0.2) is 0 Å². The molecule has 1 amide bonds. The summed E-state index contributed by atoms with van der Waals surface area (Å²) in [5.74, 6) is 1.66. The second-order valence-electron chi connectivity index (χ2n) is 7.15. The van der Waals surface area contributed by atoms with Crippen LogP contribution < -0.4 is 5.32 Å². The average Bonchev–Trinajstić information content (AvgIpc) is 2.57. The Morgan fingerprint density at radius 2 is 1.57 bits per heavy atom. The third kappa shape index (κ3) is 4.19. The normalized spacial score (nSPS) is 27.0. The summed E-state index contributed by atoms with van der Waals surface area (Å²) in [5, 5.41) is 3.44. The van der Waals surface area contributed by atoms with Gasteiger partial charge in [-0.1, -0.05) is 19.3 Å². The van der Waals surface area contributed by atoms with Crippen molar-refractivity contribution in [1.29, 1.82) is 0 Å². The lowest BCUT2D eigenvalue weighted by Crippen LogP contribution is -2.51. The number of carbonyl (C=O) groups is 1. The van der Waals surface area contributed by atoms with Gasteiger partial charge in [-0.3, -0.25) is 9.69 Å². The molecule has 3 aliphatic rings. The number of piperidine rings is 1. The molecule has 3 rings (SSSR count). The first-order valence-corrected chi connectivity index (χ1v) is 9.05. The average molecular weight is 293 g/mol. The molecule has 1 aliphatic carbocycles. The number of nitrogens with zero attached hydrogens (tertiary/aromatic N) is 2. The topological polar surface area (TPSA) is 35.6 Å². The molecule has 0 spiro atoms. The molecule has 4 heteroatoms. The van der Waals surface area contributed by atoms with Crippen LogP contribution in [0.15, 0.2) is 0 Å². The van der Waals surface area contributed by atoms with Gasteiger partial charge in [0.2, 0.25) is 5.91 Å². The Balaban J connectivity index is 1.40. The molecular formula is C17H31N3O. The molecule has 1 saturated carbocycles. The fourth-order valence-corrected chi connectivity index (χ4v) is 4.19. The van der Waals surface area contributed by atoms with Gasteiger partial charge in [-0.05, 0) is 44.7 Å². The maximum Gasteiger partial charge on any atom is 0.225 e. The van der Waals surface area contributed by atoms with Crippen LogP contribution in [0.2, 0.25) is 0 Å². The maximum absolute atomic E-state index is 12.5. The zero-order valence-electron chi connectivity index (χ0n) is 13.4. The lowest BCUT2D eigenvalue weighted by atomic mass is 9.88. The van der Waals surface area contributed by atoms with Crippen molar-refractivity contribution < 1.29 is 4.79 Å². The lowest BCUT2D eigenvalue weighted by Gasteiger charge is -2.39. The van der Waals surface area contributed by atoms with Crippen molar-refractivity contribution >= 4 is 5.91 Å². The Morgan fingerprint density at radius 3 is 2.24 bits per heavy atom. The first-order chi connectivity index (χ1) is 10.3. The van der Waals surface area contributed by atoms with Gasteiger partial charge < -0.3 is 10.2 Å². The minimum Gasteiger partial charge on any atom is -0.340 e. The molecular weight excluding hydrogens is 262 g/mol. The highest BCUT2D eigenvalue weighted by atomic mass is 16.2. The summed E-state index contributed by atoms with van der Waals surface area (Å²) in [6.07, 6.45) is 8.75. The minimum absolute atomic E-state index is 0.342. The summed E-state index contributed by atoms with van der Waals surface area (Å²) < 4.78 is 0. The maximum atomic E-state index is 12.5. The zero-order chi connectivity index (χ0) is 14.5. The minimum atomic E-state index is 0.342. The van der Waals surface area contributed by atoms with Crippen LogP contribution in [0.25, 0.3) is 0 Å². The Kier molecular flexibility index (Phi) is 5.53. The molecule has 0 aromatic heterocycles. The quantitative estimate of drug-likeness (QED) is 0.860. The van der Waals surface area contributed by atoms with E-state index in [9.17, 15) is 4.79 Å². The van der Waals surface area contributed by atoms with Crippen LogP contribution in [-0.2, 0) is 4.79 Å². The molecule has 0 unspecified atom stereocenters. The molecule has 0 aromatic carbocycles. The molecule has 1 N–H and O–H groups in total. The zero-order valence-corrected chi connectivity index (χ0v) is 13.4. The number of nitrogens with one attached hydrogen (secondary N) is 1. The van der Waals surface area contributed by atoms with Crippen LogP contribution in [0, 0.1) is 11.8 Å². The Morgan fingerprint density at radius 1 is 0.905 bits per heavy atom. The summed E-state index contributed by atoms with van der Waals surface area (Å²) in [6.45, 7) is 7.70. The molecule has 2 saturated heterocycles. The molecule has 120 valence electrons. The van der Waals surface area contributed by atoms with Crippen molar-refractivity contribution in [2.45, 2.75) is 44.9 Å². The van der Waals surface area contributed by atoms with Gasteiger partial charge in [-0.25, -0.2) is 0 Å². The molecule has 4 nitrogen and oxygen atoms in total. The molecule has 2 aliphatic heterocycles. The number of piperazine rings is 1. The van der Waals surface area contributed by atoms with Gasteiger partial charge in [-0.15, -0.1) is 0 Å². The Hall–Kier alpha value is -0.610. The van der Waals surface area contributed by atoms with E-state index in [0.717, 1.165) is 44.9 Å². The molecule has 0 radical (unpaired) electrons. The van der Waals surface area contributed by atoms with E-state index in [1.54, 1.807) is 0 Å². The highest BCUT2D eigenvalue weighted by molar-refractivity contribution is 5.79. The van der Waals surface area contributed by atoms with E-state index in [0.29, 0.717) is 11.8 Å². The Bertz CT molecular complexity index is 327. The van der Waals surface area contributed by atoms with E-state index < -0.39 is 0 Å². The molecule has 0 bridgehead atoms. The monoisotopic (exact) mass is 293 g/mol. The van der Waals surface area contributed by atoms with Gasteiger partial charge in [0.25, 0.3) is 0 Å². The van der Waals surface area contributed by atoms with E-state index in [1.165, 1.54) is 51.7 Å². The van der Waals surface area contributed by atoms with Crippen LogP contribution in [-0.4, -0.2) is 61.5 Å². The van der Waals surface area contributed by atoms with Crippen LogP contribution in [0.4, 0.5) is 0 Å². The third-order valence-corrected chi connectivity index (χ3v) is 5.61. The van der Waals surface area contributed by atoms with E-state index in [-0.39, 0.29) is 0 Å². The van der Waals surface area contributed by atoms with E-state index >= 15 is 0 Å². The van der Waals surface area contributed by atoms with Gasteiger partial charge in [0.1, 0.15) is 0 Å². The highest BCUT2D eigenvalue weighted by Gasteiger charge is 2.29. The number of amides is 1. The number of carbonyl (C=O) groups excluding carboxylic acids is 1. The smallest absolute Gasteiger partial charge is 0.225 e. The first-order valence-electron chi connectivity index (χ1n) is 9.05. The predicted octanol–water partition coefficient (Wildman–Crippen LogP) is 1.71.